The summed E-state index contributed by atoms with van der Waals surface area (Å²) in [7, 11) is 0. The van der Waals surface area contributed by atoms with E-state index in [1.54, 1.807) is 0 Å². The summed E-state index contributed by atoms with van der Waals surface area (Å²) in [6.07, 6.45) is 0. The molecule has 0 aliphatic heterocycles. The van der Waals surface area contributed by atoms with E-state index in [9.17, 15) is 4.79 Å². The minimum Gasteiger partial charge on any atom is -1.00 e. The molecule has 0 saturated carbocycles. The minimum atomic E-state index is -0.210. The largest absolute Gasteiger partial charge is 1.00 e. The highest BCUT2D eigenvalue weighted by molar-refractivity contribution is 5.65. The fourth-order valence-electron chi connectivity index (χ4n) is 1.28. The molecular weight excluding hydrogens is 226 g/mol. The number of hydrogen-bond donors (Lipinski definition) is 1. The van der Waals surface area contributed by atoms with Gasteiger partial charge in [-0.05, 0) is 6.92 Å². The van der Waals surface area contributed by atoms with Gasteiger partial charge in [0.25, 0.3) is 0 Å². The number of quaternary nitrogens is 1. The van der Waals surface area contributed by atoms with Crippen LogP contribution < -0.4 is 17.7 Å². The van der Waals surface area contributed by atoms with E-state index < -0.39 is 0 Å². The van der Waals surface area contributed by atoms with Gasteiger partial charge in [0.1, 0.15) is 19.7 Å². The Kier molecular flexibility index (Phi) is 7.60. The molecule has 0 radical (unpaired) electrons. The molecule has 0 unspecified atom stereocenters. The van der Waals surface area contributed by atoms with Gasteiger partial charge >= 0.3 is 5.97 Å². The number of hydrogen-bond acceptors (Lipinski definition) is 2. The van der Waals surface area contributed by atoms with Crippen LogP contribution in [0.4, 0.5) is 0 Å². The number of carbonyl (C=O) groups is 1. The summed E-state index contributed by atoms with van der Waals surface area (Å²) in [5, 5.41) is 2.13. The Labute approximate surface area is 103 Å². The number of carbonyl (C=O) groups excluding carboxylic acids is 1. The molecule has 0 heterocycles. The molecule has 90 valence electrons. The Morgan fingerprint density at radius 1 is 1.31 bits per heavy atom. The van der Waals surface area contributed by atoms with E-state index in [2.05, 4.69) is 36.5 Å². The number of rotatable bonds is 5. The standard InChI is InChI=1S/C12H17NO2.ClH/c1-10-3-5-12(6-4-10)9-13-7-8-15-11(2)14;/h3-6,13H,7-9H2,1-2H3;1H. The van der Waals surface area contributed by atoms with Gasteiger partial charge in [-0.1, -0.05) is 29.8 Å². The molecule has 0 aromatic heterocycles. The SMILES string of the molecule is CC(=O)OCC[NH2+]Cc1ccc(C)cc1.[Cl-]. The van der Waals surface area contributed by atoms with Crippen molar-refractivity contribution in [2.75, 3.05) is 13.2 Å². The highest BCUT2D eigenvalue weighted by Crippen LogP contribution is 2.00. The molecule has 0 bridgehead atoms. The van der Waals surface area contributed by atoms with E-state index in [4.69, 9.17) is 4.74 Å². The zero-order valence-electron chi connectivity index (χ0n) is 9.70. The number of nitrogens with two attached hydrogens (primary N) is 1. The minimum absolute atomic E-state index is 0. The van der Waals surface area contributed by atoms with Gasteiger partial charge < -0.3 is 22.5 Å². The van der Waals surface area contributed by atoms with Crippen LogP contribution in [0.2, 0.25) is 0 Å². The molecule has 0 spiro atoms. The topological polar surface area (TPSA) is 42.9 Å². The summed E-state index contributed by atoms with van der Waals surface area (Å²) >= 11 is 0. The highest BCUT2D eigenvalue weighted by Gasteiger charge is 1.96. The summed E-state index contributed by atoms with van der Waals surface area (Å²) in [4.78, 5) is 10.5. The summed E-state index contributed by atoms with van der Waals surface area (Å²) in [6, 6.07) is 8.46. The Morgan fingerprint density at radius 2 is 1.94 bits per heavy atom. The van der Waals surface area contributed by atoms with Crippen molar-refractivity contribution < 1.29 is 27.3 Å². The molecule has 0 aliphatic rings. The van der Waals surface area contributed by atoms with Gasteiger partial charge in [0, 0.05) is 12.5 Å². The first kappa shape index (κ1) is 14.9. The summed E-state index contributed by atoms with van der Waals surface area (Å²) in [5.41, 5.74) is 2.57. The van der Waals surface area contributed by atoms with Gasteiger partial charge in [-0.3, -0.25) is 4.79 Å². The summed E-state index contributed by atoms with van der Waals surface area (Å²) in [5.74, 6) is -0.210. The molecule has 1 aromatic rings. The van der Waals surface area contributed by atoms with Crippen LogP contribution in [0.15, 0.2) is 24.3 Å². The smallest absolute Gasteiger partial charge is 0.302 e. The maximum absolute atomic E-state index is 10.5. The van der Waals surface area contributed by atoms with Crippen molar-refractivity contribution in [3.63, 3.8) is 0 Å². The van der Waals surface area contributed by atoms with Crippen LogP contribution in [-0.4, -0.2) is 19.1 Å². The quantitative estimate of drug-likeness (QED) is 0.464. The van der Waals surface area contributed by atoms with E-state index in [1.165, 1.54) is 18.1 Å². The molecule has 1 aromatic carbocycles. The first-order chi connectivity index (χ1) is 7.18. The molecule has 1 rings (SSSR count). The van der Waals surface area contributed by atoms with E-state index >= 15 is 0 Å². The average Bonchev–Trinajstić information content (AvgIpc) is 2.20. The van der Waals surface area contributed by atoms with Gasteiger partial charge in [0.05, 0.1) is 0 Å². The number of ether oxygens (including phenoxy) is 1. The lowest BCUT2D eigenvalue weighted by Crippen LogP contribution is -3.00. The third-order valence-corrected chi connectivity index (χ3v) is 2.13. The lowest BCUT2D eigenvalue weighted by atomic mass is 10.1. The van der Waals surface area contributed by atoms with Crippen molar-refractivity contribution in [2.24, 2.45) is 0 Å². The van der Waals surface area contributed by atoms with Gasteiger partial charge in [0.2, 0.25) is 0 Å². The summed E-state index contributed by atoms with van der Waals surface area (Å²) < 4.78 is 4.83. The first-order valence-corrected chi connectivity index (χ1v) is 5.19. The van der Waals surface area contributed by atoms with E-state index in [-0.39, 0.29) is 18.4 Å². The molecule has 0 amide bonds. The van der Waals surface area contributed by atoms with E-state index in [0.717, 1.165) is 13.1 Å². The lowest BCUT2D eigenvalue weighted by molar-refractivity contribution is -0.671. The van der Waals surface area contributed by atoms with Gasteiger partial charge in [-0.25, -0.2) is 0 Å². The van der Waals surface area contributed by atoms with Crippen molar-refractivity contribution in [3.05, 3.63) is 35.4 Å². The number of esters is 1. The number of halogens is 1. The fraction of sp³-hybridized carbons (Fsp3) is 0.417. The Bertz CT molecular complexity index is 311. The molecular formula is C12H18ClNO2. The fourth-order valence-corrected chi connectivity index (χ4v) is 1.28. The lowest BCUT2D eigenvalue weighted by Gasteiger charge is -2.02. The van der Waals surface area contributed by atoms with Crippen LogP contribution in [0.3, 0.4) is 0 Å². The number of aryl methyl sites for hydroxylation is 1. The van der Waals surface area contributed by atoms with Gasteiger partial charge in [-0.15, -0.1) is 0 Å². The predicted octanol–water partition coefficient (Wildman–Crippen LogP) is -2.37. The first-order valence-electron chi connectivity index (χ1n) is 5.19. The van der Waals surface area contributed by atoms with Crippen LogP contribution >= 0.6 is 0 Å². The predicted molar refractivity (Wildman–Crippen MR) is 58.3 cm³/mol. The zero-order chi connectivity index (χ0) is 11.1. The van der Waals surface area contributed by atoms with Gasteiger partial charge in [-0.2, -0.15) is 0 Å². The highest BCUT2D eigenvalue weighted by atomic mass is 35.5. The van der Waals surface area contributed by atoms with Crippen molar-refractivity contribution in [1.29, 1.82) is 0 Å². The van der Waals surface area contributed by atoms with E-state index in [1.807, 2.05) is 0 Å². The van der Waals surface area contributed by atoms with Crippen LogP contribution in [0, 0.1) is 6.92 Å². The van der Waals surface area contributed by atoms with Crippen LogP contribution in [0.25, 0.3) is 0 Å². The van der Waals surface area contributed by atoms with Crippen LogP contribution in [0.5, 0.6) is 0 Å². The van der Waals surface area contributed by atoms with Crippen LogP contribution in [-0.2, 0) is 16.1 Å². The zero-order valence-corrected chi connectivity index (χ0v) is 10.5. The Balaban J connectivity index is 0.00000225. The molecule has 4 heteroatoms. The maximum atomic E-state index is 10.5. The third-order valence-electron chi connectivity index (χ3n) is 2.13. The van der Waals surface area contributed by atoms with E-state index in [0.29, 0.717) is 6.61 Å². The van der Waals surface area contributed by atoms with Crippen molar-refractivity contribution >= 4 is 5.97 Å². The monoisotopic (exact) mass is 243 g/mol. The maximum Gasteiger partial charge on any atom is 0.302 e. The molecule has 3 nitrogen and oxygen atoms in total. The molecule has 0 atom stereocenters. The molecule has 0 aliphatic carbocycles. The third kappa shape index (κ3) is 6.43. The molecule has 2 N–H and O–H groups in total. The second-order valence-electron chi connectivity index (χ2n) is 3.61. The second-order valence-corrected chi connectivity index (χ2v) is 3.61. The van der Waals surface area contributed by atoms with Crippen LogP contribution in [0.1, 0.15) is 18.1 Å². The normalized spacial score (nSPS) is 9.38. The van der Waals surface area contributed by atoms with Crippen molar-refractivity contribution in [3.8, 4) is 0 Å². The average molecular weight is 244 g/mol. The van der Waals surface area contributed by atoms with Crippen molar-refractivity contribution in [1.82, 2.24) is 0 Å². The molecule has 0 saturated heterocycles. The molecule has 16 heavy (non-hydrogen) atoms. The van der Waals surface area contributed by atoms with Crippen molar-refractivity contribution in [2.45, 2.75) is 20.4 Å². The van der Waals surface area contributed by atoms with Gasteiger partial charge in [0.15, 0.2) is 0 Å². The second kappa shape index (κ2) is 8.13. The molecule has 0 fully saturated rings. The Morgan fingerprint density at radius 3 is 2.50 bits per heavy atom. The number of benzene rings is 1. The Hall–Kier alpha value is -1.06. The summed E-state index contributed by atoms with van der Waals surface area (Å²) in [6.45, 7) is 5.74.